The molecule has 0 bridgehead atoms. The van der Waals surface area contributed by atoms with Gasteiger partial charge in [0.1, 0.15) is 17.1 Å². The number of halogens is 1. The molecule has 0 unspecified atom stereocenters. The minimum atomic E-state index is 0.438. The van der Waals surface area contributed by atoms with Crippen LogP contribution in [0.1, 0.15) is 5.82 Å². The van der Waals surface area contributed by atoms with E-state index in [0.29, 0.717) is 22.4 Å². The fourth-order valence-electron chi connectivity index (χ4n) is 2.67. The lowest BCUT2D eigenvalue weighted by atomic mass is 10.2. The predicted molar refractivity (Wildman–Crippen MR) is 95.7 cm³/mol. The van der Waals surface area contributed by atoms with Gasteiger partial charge in [0.25, 0.3) is 0 Å². The van der Waals surface area contributed by atoms with Crippen LogP contribution in [0.5, 0.6) is 0 Å². The van der Waals surface area contributed by atoms with Gasteiger partial charge in [-0.2, -0.15) is 9.61 Å². The molecule has 25 heavy (non-hydrogen) atoms. The third-order valence-corrected chi connectivity index (χ3v) is 5.13. The molecule has 0 radical (unpaired) electrons. The smallest absolute Gasteiger partial charge is 0.235 e. The van der Waals surface area contributed by atoms with Crippen molar-refractivity contribution in [2.75, 3.05) is 0 Å². The summed E-state index contributed by atoms with van der Waals surface area (Å²) in [5, 5.41) is 22.9. The maximum absolute atomic E-state index is 6.27. The molecule has 0 amide bonds. The van der Waals surface area contributed by atoms with E-state index >= 15 is 0 Å². The molecule has 0 fully saturated rings. The lowest BCUT2D eigenvalue weighted by molar-refractivity contribution is 0.628. The van der Waals surface area contributed by atoms with E-state index in [9.17, 15) is 0 Å². The summed E-state index contributed by atoms with van der Waals surface area (Å²) >= 11 is 7.72. The second-order valence-electron chi connectivity index (χ2n) is 5.43. The highest BCUT2D eigenvalue weighted by molar-refractivity contribution is 7.19. The predicted octanol–water partition coefficient (Wildman–Crippen LogP) is 3.30. The number of rotatable bonds is 3. The van der Waals surface area contributed by atoms with Crippen LogP contribution in [-0.2, 0) is 6.54 Å². The van der Waals surface area contributed by atoms with E-state index in [1.807, 2.05) is 48.5 Å². The van der Waals surface area contributed by atoms with Gasteiger partial charge in [0.05, 0.1) is 10.5 Å². The molecular formula is C16H10ClN7S. The molecule has 0 saturated heterocycles. The molecule has 5 aromatic rings. The Morgan fingerprint density at radius 3 is 2.72 bits per heavy atom. The number of nitrogens with zero attached hydrogens (tertiary/aromatic N) is 7. The lowest BCUT2D eigenvalue weighted by Gasteiger charge is -2.00. The average molecular weight is 368 g/mol. The first-order chi connectivity index (χ1) is 12.3. The summed E-state index contributed by atoms with van der Waals surface area (Å²) in [5.74, 6) is 0.695. The number of hydrogen-bond acceptors (Lipinski definition) is 6. The summed E-state index contributed by atoms with van der Waals surface area (Å²) in [7, 11) is 0. The number of fused-ring (bicyclic) bond motifs is 2. The maximum atomic E-state index is 6.27. The summed E-state index contributed by atoms with van der Waals surface area (Å²) in [6, 6.07) is 15.4. The van der Waals surface area contributed by atoms with Gasteiger partial charge in [-0.15, -0.1) is 15.3 Å². The molecule has 0 aliphatic heterocycles. The molecule has 0 spiro atoms. The monoisotopic (exact) mass is 367 g/mol. The molecule has 7 nitrogen and oxygen atoms in total. The van der Waals surface area contributed by atoms with Crippen LogP contribution in [0.25, 0.3) is 26.6 Å². The van der Waals surface area contributed by atoms with E-state index in [1.54, 1.807) is 9.20 Å². The Balaban J connectivity index is 1.57. The molecular weight excluding hydrogens is 358 g/mol. The van der Waals surface area contributed by atoms with Crippen LogP contribution in [0.4, 0.5) is 0 Å². The zero-order valence-electron chi connectivity index (χ0n) is 12.7. The molecule has 0 saturated carbocycles. The Morgan fingerprint density at radius 1 is 0.960 bits per heavy atom. The summed E-state index contributed by atoms with van der Waals surface area (Å²) in [6.45, 7) is 0.438. The summed E-state index contributed by atoms with van der Waals surface area (Å²) < 4.78 is 3.53. The average Bonchev–Trinajstić information content (AvgIpc) is 3.32. The molecule has 0 N–H and O–H groups in total. The van der Waals surface area contributed by atoms with Gasteiger partial charge in [0.2, 0.25) is 4.96 Å². The van der Waals surface area contributed by atoms with E-state index in [2.05, 4.69) is 25.6 Å². The molecule has 0 atom stereocenters. The molecule has 2 aromatic carbocycles. The van der Waals surface area contributed by atoms with Gasteiger partial charge in [-0.1, -0.05) is 58.5 Å². The van der Waals surface area contributed by atoms with Crippen molar-refractivity contribution in [3.05, 3.63) is 59.4 Å². The van der Waals surface area contributed by atoms with Crippen LogP contribution in [0.15, 0.2) is 48.5 Å². The van der Waals surface area contributed by atoms with Crippen LogP contribution in [0.3, 0.4) is 0 Å². The van der Waals surface area contributed by atoms with Crippen molar-refractivity contribution in [2.45, 2.75) is 6.54 Å². The normalized spacial score (nSPS) is 11.6. The van der Waals surface area contributed by atoms with Gasteiger partial charge in [-0.25, -0.2) is 4.68 Å². The quantitative estimate of drug-likeness (QED) is 0.489. The molecule has 122 valence electrons. The fourth-order valence-corrected chi connectivity index (χ4v) is 3.85. The van der Waals surface area contributed by atoms with Crippen molar-refractivity contribution in [2.24, 2.45) is 0 Å². The highest BCUT2D eigenvalue weighted by atomic mass is 35.5. The third kappa shape index (κ3) is 2.38. The van der Waals surface area contributed by atoms with Crippen LogP contribution in [-0.4, -0.2) is 34.8 Å². The topological polar surface area (TPSA) is 73.8 Å². The van der Waals surface area contributed by atoms with Gasteiger partial charge in [0.15, 0.2) is 5.82 Å². The SMILES string of the molecule is Clc1ccccc1-c1nn2c(Cn3nnc4ccccc43)nnc2s1. The highest BCUT2D eigenvalue weighted by Gasteiger charge is 2.16. The Kier molecular flexibility index (Phi) is 3.25. The van der Waals surface area contributed by atoms with Gasteiger partial charge >= 0.3 is 0 Å². The second-order valence-corrected chi connectivity index (χ2v) is 6.80. The number of aromatic nitrogens is 7. The summed E-state index contributed by atoms with van der Waals surface area (Å²) in [6.07, 6.45) is 0. The standard InChI is InChI=1S/C16H10ClN7S/c17-11-6-2-1-5-10(11)15-21-24-14(19-20-16(24)25-15)9-23-13-8-4-3-7-12(13)18-22-23/h1-8H,9H2. The zero-order chi connectivity index (χ0) is 16.8. The van der Waals surface area contributed by atoms with E-state index in [4.69, 9.17) is 11.6 Å². The summed E-state index contributed by atoms with van der Waals surface area (Å²) in [4.78, 5) is 0.717. The molecule has 0 aliphatic rings. The minimum Gasteiger partial charge on any atom is -0.237 e. The van der Waals surface area contributed by atoms with Crippen LogP contribution < -0.4 is 0 Å². The van der Waals surface area contributed by atoms with Gasteiger partial charge in [0, 0.05) is 5.56 Å². The van der Waals surface area contributed by atoms with Crippen LogP contribution in [0, 0.1) is 0 Å². The first-order valence-corrected chi connectivity index (χ1v) is 8.73. The van der Waals surface area contributed by atoms with Crippen molar-refractivity contribution in [1.29, 1.82) is 0 Å². The molecule has 3 aromatic heterocycles. The van der Waals surface area contributed by atoms with E-state index in [0.717, 1.165) is 21.6 Å². The molecule has 9 heteroatoms. The molecule has 0 aliphatic carbocycles. The van der Waals surface area contributed by atoms with Crippen molar-refractivity contribution < 1.29 is 0 Å². The Bertz CT molecular complexity index is 1210. The second kappa shape index (κ2) is 5.61. The number of benzene rings is 2. The first-order valence-electron chi connectivity index (χ1n) is 7.54. The zero-order valence-corrected chi connectivity index (χ0v) is 14.3. The highest BCUT2D eigenvalue weighted by Crippen LogP contribution is 2.31. The lowest BCUT2D eigenvalue weighted by Crippen LogP contribution is -2.06. The number of hydrogen-bond donors (Lipinski definition) is 0. The first kappa shape index (κ1) is 14.5. The number of para-hydroxylation sites is 1. The van der Waals surface area contributed by atoms with Crippen LogP contribution in [0.2, 0.25) is 5.02 Å². The maximum Gasteiger partial charge on any atom is 0.235 e. The summed E-state index contributed by atoms with van der Waals surface area (Å²) in [5.41, 5.74) is 2.68. The van der Waals surface area contributed by atoms with Gasteiger partial charge in [-0.05, 0) is 18.2 Å². The van der Waals surface area contributed by atoms with Crippen LogP contribution >= 0.6 is 22.9 Å². The largest absolute Gasteiger partial charge is 0.237 e. The van der Waals surface area contributed by atoms with Gasteiger partial charge in [-0.3, -0.25) is 0 Å². The third-order valence-electron chi connectivity index (χ3n) is 3.87. The van der Waals surface area contributed by atoms with E-state index in [1.165, 1.54) is 11.3 Å². The van der Waals surface area contributed by atoms with Gasteiger partial charge < -0.3 is 0 Å². The van der Waals surface area contributed by atoms with E-state index in [-0.39, 0.29) is 0 Å². The fraction of sp³-hybridized carbons (Fsp3) is 0.0625. The minimum absolute atomic E-state index is 0.438. The Labute approximate surface area is 150 Å². The Morgan fingerprint density at radius 2 is 1.80 bits per heavy atom. The van der Waals surface area contributed by atoms with Crippen molar-refractivity contribution in [3.8, 4) is 10.6 Å². The van der Waals surface area contributed by atoms with Crippen molar-refractivity contribution >= 4 is 38.9 Å². The molecule has 5 rings (SSSR count). The van der Waals surface area contributed by atoms with E-state index < -0.39 is 0 Å². The van der Waals surface area contributed by atoms with Crippen molar-refractivity contribution in [1.82, 2.24) is 34.8 Å². The Hall–Kier alpha value is -2.84. The van der Waals surface area contributed by atoms with Crippen molar-refractivity contribution in [3.63, 3.8) is 0 Å². The molecule has 3 heterocycles.